The molecule has 11 heteroatoms. The summed E-state index contributed by atoms with van der Waals surface area (Å²) in [6, 6.07) is 0. The summed E-state index contributed by atoms with van der Waals surface area (Å²) >= 11 is 0. The summed E-state index contributed by atoms with van der Waals surface area (Å²) < 4.78 is 124. The van der Waals surface area contributed by atoms with Crippen LogP contribution in [0.4, 0.5) is 43.9 Å². The highest BCUT2D eigenvalue weighted by Crippen LogP contribution is 2.36. The Labute approximate surface area is 100 Å². The Morgan fingerprint density at radius 2 is 0.895 bits per heavy atom. The van der Waals surface area contributed by atoms with Crippen LogP contribution in [0.3, 0.4) is 0 Å². The second kappa shape index (κ2) is 6.62. The molecule has 0 bridgehead atoms. The van der Waals surface area contributed by atoms with Gasteiger partial charge in [0, 0.05) is 0 Å². The first-order chi connectivity index (χ1) is 8.36. The van der Waals surface area contributed by atoms with Crippen LogP contribution in [0.2, 0.25) is 0 Å². The zero-order valence-corrected chi connectivity index (χ0v) is 8.91. The molecule has 116 valence electrons. The molecule has 0 aliphatic carbocycles. The maximum absolute atomic E-state index is 12.6. The third kappa shape index (κ3) is 7.43. The van der Waals surface area contributed by atoms with Crippen molar-refractivity contribution in [1.29, 1.82) is 0 Å². The van der Waals surface area contributed by atoms with Gasteiger partial charge in [0.2, 0.25) is 0 Å². The predicted octanol–water partition coefficient (Wildman–Crippen LogP) is 4.18. The van der Waals surface area contributed by atoms with E-state index in [1.807, 2.05) is 0 Å². The van der Waals surface area contributed by atoms with Crippen molar-refractivity contribution in [2.75, 3.05) is 0 Å². The van der Waals surface area contributed by atoms with E-state index in [2.05, 4.69) is 4.74 Å². The fraction of sp³-hybridized carbons (Fsp3) is 1.00. The SMILES string of the molecule is FC(F)C(F)CC(F)(F)OC(F)(F)CC(F)C(F)F. The number of hydrogen-bond acceptors (Lipinski definition) is 1. The van der Waals surface area contributed by atoms with E-state index in [0.717, 1.165) is 0 Å². The van der Waals surface area contributed by atoms with Crippen LogP contribution in [0.1, 0.15) is 12.8 Å². The molecule has 0 saturated carbocycles. The van der Waals surface area contributed by atoms with Crippen molar-refractivity contribution in [3.8, 4) is 0 Å². The van der Waals surface area contributed by atoms with Gasteiger partial charge in [0.15, 0.2) is 12.3 Å². The molecule has 0 aromatic heterocycles. The van der Waals surface area contributed by atoms with Crippen molar-refractivity contribution in [3.05, 3.63) is 0 Å². The van der Waals surface area contributed by atoms with Crippen molar-refractivity contribution in [2.45, 2.75) is 50.3 Å². The fourth-order valence-electron chi connectivity index (χ4n) is 0.934. The first kappa shape index (κ1) is 18.3. The van der Waals surface area contributed by atoms with Crippen molar-refractivity contribution < 1.29 is 48.6 Å². The fourth-order valence-corrected chi connectivity index (χ4v) is 0.934. The minimum absolute atomic E-state index is 2.41. The highest BCUT2D eigenvalue weighted by atomic mass is 19.3. The first-order valence-electron chi connectivity index (χ1n) is 4.66. The van der Waals surface area contributed by atoms with Gasteiger partial charge in [0.25, 0.3) is 12.9 Å². The van der Waals surface area contributed by atoms with Gasteiger partial charge in [-0.3, -0.25) is 4.74 Å². The average Bonchev–Trinajstić information content (AvgIpc) is 2.13. The van der Waals surface area contributed by atoms with Crippen molar-refractivity contribution in [1.82, 2.24) is 0 Å². The van der Waals surface area contributed by atoms with Crippen LogP contribution in [0.15, 0.2) is 0 Å². The molecule has 0 aromatic rings. The van der Waals surface area contributed by atoms with Gasteiger partial charge < -0.3 is 0 Å². The van der Waals surface area contributed by atoms with Crippen molar-refractivity contribution >= 4 is 0 Å². The van der Waals surface area contributed by atoms with Crippen LogP contribution in [0, 0.1) is 0 Å². The van der Waals surface area contributed by atoms with Gasteiger partial charge in [-0.25, -0.2) is 26.3 Å². The van der Waals surface area contributed by atoms with E-state index < -0.39 is 50.3 Å². The lowest BCUT2D eigenvalue weighted by atomic mass is 10.2. The summed E-state index contributed by atoms with van der Waals surface area (Å²) in [5.41, 5.74) is 0. The van der Waals surface area contributed by atoms with Gasteiger partial charge in [-0.05, 0) is 0 Å². The monoisotopic (exact) mass is 310 g/mol. The van der Waals surface area contributed by atoms with Crippen LogP contribution in [0.5, 0.6) is 0 Å². The summed E-state index contributed by atoms with van der Waals surface area (Å²) in [4.78, 5) is 0. The Morgan fingerprint density at radius 3 is 1.11 bits per heavy atom. The molecule has 0 N–H and O–H groups in total. The van der Waals surface area contributed by atoms with E-state index in [9.17, 15) is 43.9 Å². The molecular weight excluding hydrogens is 302 g/mol. The van der Waals surface area contributed by atoms with Crippen LogP contribution in [0.25, 0.3) is 0 Å². The quantitative estimate of drug-likeness (QED) is 0.611. The molecule has 1 nitrogen and oxygen atoms in total. The van der Waals surface area contributed by atoms with Crippen LogP contribution in [-0.4, -0.2) is 37.4 Å². The van der Waals surface area contributed by atoms with E-state index in [0.29, 0.717) is 0 Å². The predicted molar refractivity (Wildman–Crippen MR) is 42.0 cm³/mol. The molecule has 19 heavy (non-hydrogen) atoms. The molecule has 0 saturated heterocycles. The van der Waals surface area contributed by atoms with E-state index in [1.165, 1.54) is 0 Å². The summed E-state index contributed by atoms with van der Waals surface area (Å²) in [6.07, 6.45) is -29.6. The molecule has 0 aromatic carbocycles. The third-order valence-corrected chi connectivity index (χ3v) is 1.71. The highest BCUT2D eigenvalue weighted by Gasteiger charge is 2.49. The molecular formula is C8H8F10O. The van der Waals surface area contributed by atoms with Gasteiger partial charge in [0.05, 0.1) is 12.8 Å². The summed E-state index contributed by atoms with van der Waals surface area (Å²) in [5.74, 6) is 0. The Hall–Kier alpha value is -0.740. The standard InChI is InChI=1S/C8H8F10O/c9-3(5(11)12)1-7(15,16)19-8(17,18)2-4(10)6(13)14/h3-6H,1-2H2. The molecule has 2 unspecified atom stereocenters. The smallest absolute Gasteiger partial charge is 0.255 e. The number of alkyl halides is 10. The lowest BCUT2D eigenvalue weighted by Gasteiger charge is -2.25. The van der Waals surface area contributed by atoms with Gasteiger partial charge >= 0.3 is 12.2 Å². The summed E-state index contributed by atoms with van der Waals surface area (Å²) in [6.45, 7) is 0. The second-order valence-corrected chi connectivity index (χ2v) is 3.49. The zero-order valence-electron chi connectivity index (χ0n) is 8.91. The number of hydrogen-bond donors (Lipinski definition) is 0. The number of halogens is 10. The maximum Gasteiger partial charge on any atom is 0.363 e. The Morgan fingerprint density at radius 1 is 0.632 bits per heavy atom. The van der Waals surface area contributed by atoms with Crippen LogP contribution in [-0.2, 0) is 4.74 Å². The topological polar surface area (TPSA) is 9.23 Å². The number of rotatable bonds is 8. The van der Waals surface area contributed by atoms with Gasteiger partial charge in [-0.1, -0.05) is 0 Å². The first-order valence-corrected chi connectivity index (χ1v) is 4.66. The van der Waals surface area contributed by atoms with Gasteiger partial charge in [-0.2, -0.15) is 17.6 Å². The normalized spacial score (nSPS) is 17.1. The Kier molecular flexibility index (Phi) is 6.36. The third-order valence-electron chi connectivity index (χ3n) is 1.71. The lowest BCUT2D eigenvalue weighted by molar-refractivity contribution is -0.385. The van der Waals surface area contributed by atoms with Crippen molar-refractivity contribution in [3.63, 3.8) is 0 Å². The van der Waals surface area contributed by atoms with Gasteiger partial charge in [0.1, 0.15) is 0 Å². The van der Waals surface area contributed by atoms with Crippen molar-refractivity contribution in [2.24, 2.45) is 0 Å². The molecule has 0 spiro atoms. The zero-order chi connectivity index (χ0) is 15.4. The minimum Gasteiger partial charge on any atom is -0.255 e. The highest BCUT2D eigenvalue weighted by molar-refractivity contribution is 4.71. The molecule has 0 fully saturated rings. The van der Waals surface area contributed by atoms with Gasteiger partial charge in [-0.15, -0.1) is 0 Å². The maximum atomic E-state index is 12.6. The second-order valence-electron chi connectivity index (χ2n) is 3.49. The molecule has 0 heterocycles. The molecule has 0 amide bonds. The van der Waals surface area contributed by atoms with E-state index >= 15 is 0 Å². The molecule has 0 radical (unpaired) electrons. The molecule has 0 aliphatic heterocycles. The van der Waals surface area contributed by atoms with E-state index in [1.54, 1.807) is 0 Å². The summed E-state index contributed by atoms with van der Waals surface area (Å²) in [5, 5.41) is 0. The summed E-state index contributed by atoms with van der Waals surface area (Å²) in [7, 11) is 0. The average molecular weight is 310 g/mol. The largest absolute Gasteiger partial charge is 0.363 e. The minimum atomic E-state index is -5.05. The molecule has 2 atom stereocenters. The van der Waals surface area contributed by atoms with Crippen LogP contribution < -0.4 is 0 Å². The Bertz CT molecular complexity index is 242. The molecule has 0 rings (SSSR count). The number of ether oxygens (including phenoxy) is 1. The van der Waals surface area contributed by atoms with E-state index in [4.69, 9.17) is 0 Å². The lowest BCUT2D eigenvalue weighted by Crippen LogP contribution is -2.38. The molecule has 0 aliphatic rings. The van der Waals surface area contributed by atoms with Crippen LogP contribution >= 0.6 is 0 Å². The van der Waals surface area contributed by atoms with E-state index in [-0.39, 0.29) is 0 Å². The Balaban J connectivity index is 4.53.